The van der Waals surface area contributed by atoms with Crippen molar-refractivity contribution in [2.75, 3.05) is 11.5 Å². The van der Waals surface area contributed by atoms with E-state index in [1.165, 1.54) is 0 Å². The zero-order chi connectivity index (χ0) is 20.4. The standard InChI is InChI=1S/C24H20N2O2S/c25-21-9-1-17(2-10-21)19-5-13-23(14-6-19)29(27,28)24-15-7-20(8-16-24)18-3-11-22(26)12-4-18/h1-16H,25-26H2. The van der Waals surface area contributed by atoms with Gasteiger partial charge < -0.3 is 11.5 Å². The first-order chi connectivity index (χ1) is 13.9. The summed E-state index contributed by atoms with van der Waals surface area (Å²) in [7, 11) is -3.59. The van der Waals surface area contributed by atoms with Crippen LogP contribution in [0, 0.1) is 0 Å². The highest BCUT2D eigenvalue weighted by molar-refractivity contribution is 7.91. The molecule has 0 aliphatic rings. The fourth-order valence-corrected chi connectivity index (χ4v) is 4.40. The van der Waals surface area contributed by atoms with Crippen LogP contribution in [-0.4, -0.2) is 8.42 Å². The van der Waals surface area contributed by atoms with Crippen molar-refractivity contribution >= 4 is 21.2 Å². The Balaban J connectivity index is 1.61. The van der Waals surface area contributed by atoms with Crippen molar-refractivity contribution in [3.8, 4) is 22.3 Å². The smallest absolute Gasteiger partial charge is 0.206 e. The molecule has 0 aliphatic carbocycles. The number of rotatable bonds is 4. The average molecular weight is 401 g/mol. The summed E-state index contributed by atoms with van der Waals surface area (Å²) < 4.78 is 26.0. The fourth-order valence-electron chi connectivity index (χ4n) is 3.14. The van der Waals surface area contributed by atoms with Crippen LogP contribution in [0.4, 0.5) is 11.4 Å². The van der Waals surface area contributed by atoms with Crippen molar-refractivity contribution in [3.05, 3.63) is 97.1 Å². The van der Waals surface area contributed by atoms with Gasteiger partial charge in [0.25, 0.3) is 0 Å². The van der Waals surface area contributed by atoms with E-state index in [-0.39, 0.29) is 9.79 Å². The van der Waals surface area contributed by atoms with E-state index in [4.69, 9.17) is 11.5 Å². The maximum absolute atomic E-state index is 13.0. The first-order valence-corrected chi connectivity index (χ1v) is 10.6. The summed E-state index contributed by atoms with van der Waals surface area (Å²) in [5.41, 5.74) is 16.7. The van der Waals surface area contributed by atoms with Crippen molar-refractivity contribution < 1.29 is 8.42 Å². The Hall–Kier alpha value is -3.57. The summed E-state index contributed by atoms with van der Waals surface area (Å²) >= 11 is 0. The normalized spacial score (nSPS) is 11.3. The lowest BCUT2D eigenvalue weighted by Gasteiger charge is -2.08. The third kappa shape index (κ3) is 3.86. The SMILES string of the molecule is Nc1ccc(-c2ccc(S(=O)(=O)c3ccc(-c4ccc(N)cc4)cc3)cc2)cc1. The van der Waals surface area contributed by atoms with Crippen LogP contribution in [0.5, 0.6) is 0 Å². The predicted molar refractivity (Wildman–Crippen MR) is 118 cm³/mol. The Morgan fingerprint density at radius 3 is 0.931 bits per heavy atom. The molecule has 29 heavy (non-hydrogen) atoms. The second-order valence-electron chi connectivity index (χ2n) is 6.80. The number of nitrogen functional groups attached to an aromatic ring is 2. The Labute approximate surface area is 170 Å². The number of benzene rings is 4. The van der Waals surface area contributed by atoms with Crippen LogP contribution in [0.15, 0.2) is 107 Å². The van der Waals surface area contributed by atoms with Crippen molar-refractivity contribution in [1.82, 2.24) is 0 Å². The molecule has 0 saturated heterocycles. The Morgan fingerprint density at radius 1 is 0.414 bits per heavy atom. The van der Waals surface area contributed by atoms with E-state index in [9.17, 15) is 8.42 Å². The van der Waals surface area contributed by atoms with Gasteiger partial charge in [-0.25, -0.2) is 8.42 Å². The molecule has 0 atom stereocenters. The summed E-state index contributed by atoms with van der Waals surface area (Å²) in [6, 6.07) is 28.7. The molecule has 0 fully saturated rings. The number of sulfone groups is 1. The van der Waals surface area contributed by atoms with Gasteiger partial charge in [0.2, 0.25) is 9.84 Å². The lowest BCUT2D eigenvalue weighted by Crippen LogP contribution is -2.01. The molecule has 4 aromatic rings. The van der Waals surface area contributed by atoms with Gasteiger partial charge in [-0.05, 0) is 70.8 Å². The van der Waals surface area contributed by atoms with E-state index in [0.29, 0.717) is 11.4 Å². The molecule has 144 valence electrons. The highest BCUT2D eigenvalue weighted by Gasteiger charge is 2.17. The van der Waals surface area contributed by atoms with Gasteiger partial charge in [0.1, 0.15) is 0 Å². The van der Waals surface area contributed by atoms with E-state index in [2.05, 4.69) is 0 Å². The van der Waals surface area contributed by atoms with E-state index in [0.717, 1.165) is 22.3 Å². The summed E-state index contributed by atoms with van der Waals surface area (Å²) in [5, 5.41) is 0. The van der Waals surface area contributed by atoms with Crippen LogP contribution in [-0.2, 0) is 9.84 Å². The minimum absolute atomic E-state index is 0.261. The summed E-state index contributed by atoms with van der Waals surface area (Å²) in [6.45, 7) is 0. The monoisotopic (exact) mass is 400 g/mol. The van der Waals surface area contributed by atoms with Crippen molar-refractivity contribution in [2.45, 2.75) is 9.79 Å². The van der Waals surface area contributed by atoms with Crippen LogP contribution < -0.4 is 11.5 Å². The number of anilines is 2. The predicted octanol–water partition coefficient (Wildman–Crippen LogP) is 5.02. The maximum Gasteiger partial charge on any atom is 0.206 e. The van der Waals surface area contributed by atoms with E-state index in [1.807, 2.05) is 48.5 Å². The van der Waals surface area contributed by atoms with Gasteiger partial charge in [-0.15, -0.1) is 0 Å². The molecule has 0 radical (unpaired) electrons. The van der Waals surface area contributed by atoms with Crippen molar-refractivity contribution in [3.63, 3.8) is 0 Å². The second kappa shape index (κ2) is 7.45. The molecular weight excluding hydrogens is 380 g/mol. The van der Waals surface area contributed by atoms with Gasteiger partial charge in [0, 0.05) is 11.4 Å². The minimum Gasteiger partial charge on any atom is -0.399 e. The van der Waals surface area contributed by atoms with Crippen LogP contribution in [0.25, 0.3) is 22.3 Å². The molecule has 5 heteroatoms. The van der Waals surface area contributed by atoms with Crippen LogP contribution in [0.2, 0.25) is 0 Å². The summed E-state index contributed by atoms with van der Waals surface area (Å²) in [6.07, 6.45) is 0. The van der Waals surface area contributed by atoms with E-state index < -0.39 is 9.84 Å². The number of nitrogens with two attached hydrogens (primary N) is 2. The average Bonchev–Trinajstić information content (AvgIpc) is 2.75. The number of hydrogen-bond acceptors (Lipinski definition) is 4. The molecule has 4 rings (SSSR count). The molecule has 0 saturated carbocycles. The highest BCUT2D eigenvalue weighted by Crippen LogP contribution is 2.28. The van der Waals surface area contributed by atoms with Gasteiger partial charge in [-0.1, -0.05) is 48.5 Å². The van der Waals surface area contributed by atoms with Gasteiger partial charge in [0.15, 0.2) is 0 Å². The third-order valence-corrected chi connectivity index (χ3v) is 6.60. The van der Waals surface area contributed by atoms with E-state index >= 15 is 0 Å². The van der Waals surface area contributed by atoms with Crippen LogP contribution in [0.1, 0.15) is 0 Å². The largest absolute Gasteiger partial charge is 0.399 e. The fraction of sp³-hybridized carbons (Fsp3) is 0. The molecule has 4 nitrogen and oxygen atoms in total. The molecule has 0 aromatic heterocycles. The van der Waals surface area contributed by atoms with Gasteiger partial charge in [0.05, 0.1) is 9.79 Å². The maximum atomic E-state index is 13.0. The lowest BCUT2D eigenvalue weighted by atomic mass is 10.1. The topological polar surface area (TPSA) is 86.2 Å². The molecule has 4 aromatic carbocycles. The first-order valence-electron chi connectivity index (χ1n) is 9.10. The molecule has 4 N–H and O–H groups in total. The van der Waals surface area contributed by atoms with Crippen molar-refractivity contribution in [1.29, 1.82) is 0 Å². The van der Waals surface area contributed by atoms with Gasteiger partial charge in [-0.3, -0.25) is 0 Å². The second-order valence-corrected chi connectivity index (χ2v) is 8.75. The molecule has 0 unspecified atom stereocenters. The number of hydrogen-bond donors (Lipinski definition) is 2. The molecular formula is C24H20N2O2S. The Bertz CT molecular complexity index is 1130. The zero-order valence-electron chi connectivity index (χ0n) is 15.6. The Kier molecular flexibility index (Phi) is 4.82. The highest BCUT2D eigenvalue weighted by atomic mass is 32.2. The lowest BCUT2D eigenvalue weighted by molar-refractivity contribution is 0.596. The molecule has 0 amide bonds. The summed E-state index contributed by atoms with van der Waals surface area (Å²) in [4.78, 5) is 0.522. The first kappa shape index (κ1) is 18.8. The quantitative estimate of drug-likeness (QED) is 0.471. The van der Waals surface area contributed by atoms with Crippen molar-refractivity contribution in [2.24, 2.45) is 0 Å². The molecule has 0 aliphatic heterocycles. The van der Waals surface area contributed by atoms with Gasteiger partial charge >= 0.3 is 0 Å². The van der Waals surface area contributed by atoms with E-state index in [1.54, 1.807) is 48.5 Å². The Morgan fingerprint density at radius 2 is 0.655 bits per heavy atom. The zero-order valence-corrected chi connectivity index (χ0v) is 16.4. The van der Waals surface area contributed by atoms with Crippen LogP contribution in [0.3, 0.4) is 0 Å². The third-order valence-electron chi connectivity index (χ3n) is 4.82. The minimum atomic E-state index is -3.59. The summed E-state index contributed by atoms with van der Waals surface area (Å²) in [5.74, 6) is 0. The van der Waals surface area contributed by atoms with Gasteiger partial charge in [-0.2, -0.15) is 0 Å². The molecule has 0 spiro atoms. The molecule has 0 bridgehead atoms. The van der Waals surface area contributed by atoms with Crippen LogP contribution >= 0.6 is 0 Å². The molecule has 0 heterocycles.